The van der Waals surface area contributed by atoms with Crippen molar-refractivity contribution < 1.29 is 22.8 Å². The van der Waals surface area contributed by atoms with Gasteiger partial charge < -0.3 is 10.6 Å². The van der Waals surface area contributed by atoms with Crippen molar-refractivity contribution in [2.45, 2.75) is 51.5 Å². The topological polar surface area (TPSA) is 82.9 Å². The number of thioether (sulfide) groups is 1. The molecule has 0 aromatic heterocycles. The SMILES string of the molecule is CC1=C/C(=N/N=C2/NC(=O)[C@H](CC(=O)Nc3ccc(Cl)cc3C(F)(F)F)S2)CC(C)(C)C1. The van der Waals surface area contributed by atoms with Crippen molar-refractivity contribution in [1.82, 2.24) is 5.32 Å². The number of halogens is 4. The molecule has 6 nitrogen and oxygen atoms in total. The van der Waals surface area contributed by atoms with Crippen LogP contribution in [0.5, 0.6) is 0 Å². The van der Waals surface area contributed by atoms with Crippen LogP contribution in [0, 0.1) is 5.41 Å². The van der Waals surface area contributed by atoms with E-state index >= 15 is 0 Å². The number of allylic oxidation sites excluding steroid dienone is 2. The second-order valence-electron chi connectivity index (χ2n) is 8.54. The summed E-state index contributed by atoms with van der Waals surface area (Å²) in [4.78, 5) is 24.5. The third-order valence-corrected chi connectivity index (χ3v) is 6.12. The average Bonchev–Trinajstić information content (AvgIpc) is 2.98. The smallest absolute Gasteiger partial charge is 0.325 e. The largest absolute Gasteiger partial charge is 0.418 e. The average molecular weight is 487 g/mol. The van der Waals surface area contributed by atoms with Gasteiger partial charge in [-0.15, -0.1) is 5.10 Å². The van der Waals surface area contributed by atoms with Crippen LogP contribution in [0.3, 0.4) is 0 Å². The molecule has 0 radical (unpaired) electrons. The minimum Gasteiger partial charge on any atom is -0.325 e. The van der Waals surface area contributed by atoms with Crippen molar-refractivity contribution in [2.75, 3.05) is 5.32 Å². The van der Waals surface area contributed by atoms with Gasteiger partial charge in [-0.3, -0.25) is 9.59 Å². The first kappa shape index (κ1) is 24.3. The van der Waals surface area contributed by atoms with Crippen LogP contribution in [-0.4, -0.2) is 27.9 Å². The number of rotatable bonds is 4. The van der Waals surface area contributed by atoms with Gasteiger partial charge in [-0.25, -0.2) is 0 Å². The third-order valence-electron chi connectivity index (χ3n) is 4.81. The molecule has 11 heteroatoms. The molecule has 0 spiro atoms. The number of nitrogens with one attached hydrogen (secondary N) is 2. The van der Waals surface area contributed by atoms with Crippen LogP contribution < -0.4 is 10.6 Å². The van der Waals surface area contributed by atoms with Crippen molar-refractivity contribution in [2.24, 2.45) is 15.6 Å². The highest BCUT2D eigenvalue weighted by Gasteiger charge is 2.36. The van der Waals surface area contributed by atoms with Gasteiger partial charge >= 0.3 is 6.18 Å². The molecule has 1 aromatic rings. The summed E-state index contributed by atoms with van der Waals surface area (Å²) in [6, 6.07) is 3.06. The standard InChI is InChI=1S/C21H22ClF3N4O2S/c1-11-6-13(10-20(2,3)9-11)28-29-19-27-18(31)16(32-19)8-17(30)26-15-5-4-12(22)7-14(15)21(23,24)25/h4-7,16H,8-10H2,1-3H3,(H,26,30)(H,27,29,31)/b28-13-/t16-/m0/s1. The Labute approximate surface area is 192 Å². The Kier molecular flexibility index (Phi) is 7.04. The lowest BCUT2D eigenvalue weighted by Gasteiger charge is -2.28. The summed E-state index contributed by atoms with van der Waals surface area (Å²) in [7, 11) is 0. The van der Waals surface area contributed by atoms with E-state index in [4.69, 9.17) is 11.6 Å². The number of benzene rings is 1. The summed E-state index contributed by atoms with van der Waals surface area (Å²) < 4.78 is 39.6. The van der Waals surface area contributed by atoms with Gasteiger partial charge in [0.25, 0.3) is 0 Å². The zero-order valence-corrected chi connectivity index (χ0v) is 19.2. The Morgan fingerprint density at radius 1 is 1.31 bits per heavy atom. The lowest BCUT2D eigenvalue weighted by atomic mass is 9.77. The maximum atomic E-state index is 13.2. The number of anilines is 1. The van der Waals surface area contributed by atoms with Crippen LogP contribution in [0.1, 0.15) is 45.6 Å². The van der Waals surface area contributed by atoms with E-state index in [1.54, 1.807) is 0 Å². The van der Waals surface area contributed by atoms with Crippen molar-refractivity contribution in [1.29, 1.82) is 0 Å². The maximum Gasteiger partial charge on any atom is 0.418 e. The Bertz CT molecular complexity index is 1030. The van der Waals surface area contributed by atoms with Crippen molar-refractivity contribution in [3.8, 4) is 0 Å². The van der Waals surface area contributed by atoms with Crippen LogP contribution >= 0.6 is 23.4 Å². The van der Waals surface area contributed by atoms with Gasteiger partial charge in [-0.1, -0.05) is 42.8 Å². The summed E-state index contributed by atoms with van der Waals surface area (Å²) >= 11 is 6.66. The highest BCUT2D eigenvalue weighted by Crippen LogP contribution is 2.37. The number of hydrogen-bond acceptors (Lipinski definition) is 5. The molecule has 0 bridgehead atoms. The van der Waals surface area contributed by atoms with E-state index in [1.165, 1.54) is 11.6 Å². The summed E-state index contributed by atoms with van der Waals surface area (Å²) in [5, 5.41) is 12.4. The fraction of sp³-hybridized carbons (Fsp3) is 0.429. The lowest BCUT2D eigenvalue weighted by Crippen LogP contribution is -2.28. The van der Waals surface area contributed by atoms with Crippen LogP contribution in [0.15, 0.2) is 40.1 Å². The highest BCUT2D eigenvalue weighted by molar-refractivity contribution is 8.15. The van der Waals surface area contributed by atoms with E-state index in [-0.39, 0.29) is 22.0 Å². The van der Waals surface area contributed by atoms with Gasteiger partial charge in [0.1, 0.15) is 5.25 Å². The zero-order valence-electron chi connectivity index (χ0n) is 17.6. The normalized spacial score (nSPS) is 23.3. The Morgan fingerprint density at radius 2 is 2.03 bits per heavy atom. The number of amides is 2. The van der Waals surface area contributed by atoms with Crippen molar-refractivity contribution >= 4 is 51.7 Å². The molecule has 1 fully saturated rings. The second-order valence-corrected chi connectivity index (χ2v) is 10.2. The molecule has 0 saturated carbocycles. The van der Waals surface area contributed by atoms with Crippen LogP contribution in [0.25, 0.3) is 0 Å². The molecule has 1 heterocycles. The molecule has 1 atom stereocenters. The Morgan fingerprint density at radius 3 is 2.69 bits per heavy atom. The molecule has 2 amide bonds. The summed E-state index contributed by atoms with van der Waals surface area (Å²) in [6.07, 6.45) is -1.33. The number of nitrogens with zero attached hydrogens (tertiary/aromatic N) is 2. The van der Waals surface area contributed by atoms with Gasteiger partial charge in [0.15, 0.2) is 5.17 Å². The first-order chi connectivity index (χ1) is 14.8. The molecular weight excluding hydrogens is 465 g/mol. The molecular formula is C21H22ClF3N4O2S. The highest BCUT2D eigenvalue weighted by atomic mass is 35.5. The van der Waals surface area contributed by atoms with E-state index in [0.29, 0.717) is 0 Å². The molecule has 2 aliphatic rings. The van der Waals surface area contributed by atoms with Crippen LogP contribution in [0.4, 0.5) is 18.9 Å². The second kappa shape index (κ2) is 9.27. The van der Waals surface area contributed by atoms with E-state index < -0.39 is 34.5 Å². The fourth-order valence-corrected chi connectivity index (χ4v) is 4.77. The number of carbonyl (C=O) groups excluding carboxylic acids is 2. The van der Waals surface area contributed by atoms with E-state index in [9.17, 15) is 22.8 Å². The monoisotopic (exact) mass is 486 g/mol. The third kappa shape index (κ3) is 6.35. The van der Waals surface area contributed by atoms with E-state index in [1.807, 2.05) is 13.0 Å². The minimum absolute atomic E-state index is 0.0709. The fourth-order valence-electron chi connectivity index (χ4n) is 3.68. The van der Waals surface area contributed by atoms with Gasteiger partial charge in [-0.2, -0.15) is 18.3 Å². The summed E-state index contributed by atoms with van der Waals surface area (Å²) in [6.45, 7) is 6.30. The van der Waals surface area contributed by atoms with Gasteiger partial charge in [0.2, 0.25) is 11.8 Å². The number of carbonyl (C=O) groups is 2. The predicted octanol–water partition coefficient (Wildman–Crippen LogP) is 5.40. The number of hydrogen-bond donors (Lipinski definition) is 2. The maximum absolute atomic E-state index is 13.2. The first-order valence-electron chi connectivity index (χ1n) is 9.78. The predicted molar refractivity (Wildman–Crippen MR) is 121 cm³/mol. The Hall–Kier alpha value is -2.33. The Balaban J connectivity index is 1.66. The minimum atomic E-state index is -4.69. The zero-order chi connectivity index (χ0) is 23.7. The van der Waals surface area contributed by atoms with Gasteiger partial charge in [0.05, 0.1) is 17.0 Å². The van der Waals surface area contributed by atoms with Crippen molar-refractivity contribution in [3.63, 3.8) is 0 Å². The lowest BCUT2D eigenvalue weighted by molar-refractivity contribution is -0.137. The summed E-state index contributed by atoms with van der Waals surface area (Å²) in [5.74, 6) is -1.18. The molecule has 1 aromatic carbocycles. The van der Waals surface area contributed by atoms with Crippen LogP contribution in [-0.2, 0) is 15.8 Å². The molecule has 1 saturated heterocycles. The quantitative estimate of drug-likeness (QED) is 0.559. The molecule has 3 rings (SSSR count). The van der Waals surface area contributed by atoms with E-state index in [0.717, 1.165) is 42.4 Å². The molecule has 1 aliphatic heterocycles. The molecule has 2 N–H and O–H groups in total. The van der Waals surface area contributed by atoms with E-state index in [2.05, 4.69) is 34.7 Å². The number of amidine groups is 1. The van der Waals surface area contributed by atoms with Crippen LogP contribution in [0.2, 0.25) is 5.02 Å². The molecule has 0 unspecified atom stereocenters. The molecule has 1 aliphatic carbocycles. The first-order valence-corrected chi connectivity index (χ1v) is 11.0. The summed E-state index contributed by atoms with van der Waals surface area (Å²) in [5.41, 5.74) is 0.584. The van der Waals surface area contributed by atoms with Crippen molar-refractivity contribution in [3.05, 3.63) is 40.4 Å². The van der Waals surface area contributed by atoms with Gasteiger partial charge in [-0.05, 0) is 49.5 Å². The number of alkyl halides is 3. The molecule has 172 valence electrons. The molecule has 32 heavy (non-hydrogen) atoms. The van der Waals surface area contributed by atoms with Gasteiger partial charge in [0, 0.05) is 11.4 Å².